The molecule has 6 heteroatoms. The zero-order valence-electron chi connectivity index (χ0n) is 11.7. The van der Waals surface area contributed by atoms with Crippen LogP contribution in [0.2, 0.25) is 0 Å². The second-order valence-electron chi connectivity index (χ2n) is 5.21. The van der Waals surface area contributed by atoms with Crippen molar-refractivity contribution in [2.75, 3.05) is 7.11 Å². The fourth-order valence-corrected chi connectivity index (χ4v) is 3.05. The lowest BCUT2D eigenvalue weighted by molar-refractivity contribution is -0.149. The Bertz CT molecular complexity index is 556. The lowest BCUT2D eigenvalue weighted by atomic mass is 9.81. The van der Waals surface area contributed by atoms with E-state index < -0.39 is 23.2 Å². The molecule has 114 valence electrons. The van der Waals surface area contributed by atoms with Crippen molar-refractivity contribution in [3.8, 4) is 0 Å². The SMILES string of the molecule is COC(=O)C1(NC(=O)c2cc(Br)ccc2F)CCCCC1. The molecule has 0 aliphatic heterocycles. The average Bonchev–Trinajstić information content (AvgIpc) is 2.49. The lowest BCUT2D eigenvalue weighted by Crippen LogP contribution is -2.56. The first-order valence-corrected chi connectivity index (χ1v) is 7.64. The van der Waals surface area contributed by atoms with Gasteiger partial charge in [0.05, 0.1) is 12.7 Å². The van der Waals surface area contributed by atoms with Gasteiger partial charge in [0.25, 0.3) is 5.91 Å². The molecule has 1 aliphatic rings. The van der Waals surface area contributed by atoms with Crippen molar-refractivity contribution in [1.82, 2.24) is 5.32 Å². The number of ether oxygens (including phenoxy) is 1. The minimum atomic E-state index is -1.04. The normalized spacial score (nSPS) is 17.1. The highest BCUT2D eigenvalue weighted by atomic mass is 79.9. The van der Waals surface area contributed by atoms with Crippen LogP contribution in [0.15, 0.2) is 22.7 Å². The maximum Gasteiger partial charge on any atom is 0.331 e. The number of carbonyl (C=O) groups excluding carboxylic acids is 2. The van der Waals surface area contributed by atoms with Gasteiger partial charge >= 0.3 is 5.97 Å². The van der Waals surface area contributed by atoms with E-state index >= 15 is 0 Å². The van der Waals surface area contributed by atoms with E-state index in [4.69, 9.17) is 4.74 Å². The van der Waals surface area contributed by atoms with Crippen LogP contribution < -0.4 is 5.32 Å². The smallest absolute Gasteiger partial charge is 0.331 e. The van der Waals surface area contributed by atoms with E-state index in [1.165, 1.54) is 25.3 Å². The highest BCUT2D eigenvalue weighted by molar-refractivity contribution is 9.10. The van der Waals surface area contributed by atoms with Gasteiger partial charge in [0.15, 0.2) is 0 Å². The Hall–Kier alpha value is -1.43. The summed E-state index contributed by atoms with van der Waals surface area (Å²) in [6, 6.07) is 4.13. The number of amides is 1. The molecule has 21 heavy (non-hydrogen) atoms. The van der Waals surface area contributed by atoms with Crippen molar-refractivity contribution in [3.05, 3.63) is 34.1 Å². The van der Waals surface area contributed by atoms with Crippen LogP contribution in [0.25, 0.3) is 0 Å². The van der Waals surface area contributed by atoms with Gasteiger partial charge in [0, 0.05) is 4.47 Å². The predicted molar refractivity (Wildman–Crippen MR) is 79.4 cm³/mol. The first kappa shape index (κ1) is 15.9. The third-order valence-electron chi connectivity index (χ3n) is 3.81. The summed E-state index contributed by atoms with van der Waals surface area (Å²) in [4.78, 5) is 24.4. The predicted octanol–water partition coefficient (Wildman–Crippen LogP) is 3.19. The molecule has 1 amide bonds. The van der Waals surface area contributed by atoms with Crippen LogP contribution in [-0.4, -0.2) is 24.5 Å². The summed E-state index contributed by atoms with van der Waals surface area (Å²) in [7, 11) is 1.30. The summed E-state index contributed by atoms with van der Waals surface area (Å²) in [5, 5.41) is 2.69. The van der Waals surface area contributed by atoms with Gasteiger partial charge in [0.1, 0.15) is 11.4 Å². The molecule has 0 heterocycles. The van der Waals surface area contributed by atoms with E-state index in [1.54, 1.807) is 0 Å². The Morgan fingerprint density at radius 3 is 2.57 bits per heavy atom. The molecule has 1 aromatic carbocycles. The number of benzene rings is 1. The highest BCUT2D eigenvalue weighted by Gasteiger charge is 2.42. The summed E-state index contributed by atoms with van der Waals surface area (Å²) < 4.78 is 19.2. The Morgan fingerprint density at radius 1 is 1.29 bits per heavy atom. The Morgan fingerprint density at radius 2 is 1.95 bits per heavy atom. The van der Waals surface area contributed by atoms with E-state index in [0.29, 0.717) is 17.3 Å². The van der Waals surface area contributed by atoms with Crippen LogP contribution in [0, 0.1) is 5.82 Å². The van der Waals surface area contributed by atoms with Crippen molar-refractivity contribution in [1.29, 1.82) is 0 Å². The van der Waals surface area contributed by atoms with Crippen LogP contribution in [0.1, 0.15) is 42.5 Å². The van der Waals surface area contributed by atoms with Crippen molar-refractivity contribution >= 4 is 27.8 Å². The van der Waals surface area contributed by atoms with Gasteiger partial charge in [-0.1, -0.05) is 35.2 Å². The van der Waals surface area contributed by atoms with E-state index in [1.807, 2.05) is 0 Å². The maximum atomic E-state index is 13.8. The lowest BCUT2D eigenvalue weighted by Gasteiger charge is -2.35. The standard InChI is InChI=1S/C15H17BrFNO3/c1-21-14(20)15(7-3-2-4-8-15)18-13(19)11-9-10(16)5-6-12(11)17/h5-6,9H,2-4,7-8H2,1H3,(H,18,19). The third kappa shape index (κ3) is 3.43. The molecule has 0 radical (unpaired) electrons. The first-order valence-electron chi connectivity index (χ1n) is 6.84. The molecule has 0 saturated heterocycles. The largest absolute Gasteiger partial charge is 0.467 e. The van der Waals surface area contributed by atoms with Gasteiger partial charge in [-0.2, -0.15) is 0 Å². The number of halogens is 2. The van der Waals surface area contributed by atoms with Gasteiger partial charge in [-0.05, 0) is 31.0 Å². The summed E-state index contributed by atoms with van der Waals surface area (Å²) in [5.74, 6) is -1.68. The fourth-order valence-electron chi connectivity index (χ4n) is 2.69. The minimum Gasteiger partial charge on any atom is -0.467 e. The van der Waals surface area contributed by atoms with Crippen molar-refractivity contribution in [2.45, 2.75) is 37.6 Å². The number of hydrogen-bond donors (Lipinski definition) is 1. The Labute approximate surface area is 131 Å². The quantitative estimate of drug-likeness (QED) is 0.845. The fraction of sp³-hybridized carbons (Fsp3) is 0.467. The molecule has 0 atom stereocenters. The number of methoxy groups -OCH3 is 1. The van der Waals surface area contributed by atoms with Crippen molar-refractivity contribution in [3.63, 3.8) is 0 Å². The molecule has 0 unspecified atom stereocenters. The summed E-state index contributed by atoms with van der Waals surface area (Å²) in [6.45, 7) is 0. The molecule has 0 aromatic heterocycles. The molecule has 4 nitrogen and oxygen atoms in total. The van der Waals surface area contributed by atoms with E-state index in [9.17, 15) is 14.0 Å². The second kappa shape index (κ2) is 6.56. The summed E-state index contributed by atoms with van der Waals surface area (Å²) in [5.41, 5.74) is -1.13. The Kier molecular flexibility index (Phi) is 4.98. The van der Waals surface area contributed by atoms with Crippen LogP contribution in [-0.2, 0) is 9.53 Å². The number of hydrogen-bond acceptors (Lipinski definition) is 3. The summed E-state index contributed by atoms with van der Waals surface area (Å²) in [6.07, 6.45) is 3.70. The number of carbonyl (C=O) groups is 2. The molecule has 0 spiro atoms. The maximum absolute atomic E-state index is 13.8. The molecule has 1 aromatic rings. The van der Waals surface area contributed by atoms with Gasteiger partial charge in [0.2, 0.25) is 0 Å². The molecule has 0 bridgehead atoms. The van der Waals surface area contributed by atoms with Crippen LogP contribution in [0.5, 0.6) is 0 Å². The number of esters is 1. The zero-order valence-corrected chi connectivity index (χ0v) is 13.3. The third-order valence-corrected chi connectivity index (χ3v) is 4.30. The van der Waals surface area contributed by atoms with E-state index in [-0.39, 0.29) is 5.56 Å². The van der Waals surface area contributed by atoms with Crippen LogP contribution >= 0.6 is 15.9 Å². The van der Waals surface area contributed by atoms with Gasteiger partial charge in [-0.25, -0.2) is 9.18 Å². The van der Waals surface area contributed by atoms with E-state index in [2.05, 4.69) is 21.2 Å². The van der Waals surface area contributed by atoms with Crippen LogP contribution in [0.3, 0.4) is 0 Å². The molecule has 1 saturated carbocycles. The second-order valence-corrected chi connectivity index (χ2v) is 6.13. The Balaban J connectivity index is 2.26. The zero-order chi connectivity index (χ0) is 15.5. The van der Waals surface area contributed by atoms with Gasteiger partial charge < -0.3 is 10.1 Å². The van der Waals surface area contributed by atoms with Crippen molar-refractivity contribution < 1.29 is 18.7 Å². The monoisotopic (exact) mass is 357 g/mol. The average molecular weight is 358 g/mol. The molecule has 2 rings (SSSR count). The van der Waals surface area contributed by atoms with Crippen molar-refractivity contribution in [2.24, 2.45) is 0 Å². The number of nitrogens with one attached hydrogen (secondary N) is 1. The molecule has 1 aliphatic carbocycles. The highest BCUT2D eigenvalue weighted by Crippen LogP contribution is 2.30. The molecular weight excluding hydrogens is 341 g/mol. The first-order chi connectivity index (χ1) is 9.98. The van der Waals surface area contributed by atoms with Gasteiger partial charge in [-0.3, -0.25) is 4.79 Å². The molecule has 1 fully saturated rings. The molecule has 1 N–H and O–H groups in total. The summed E-state index contributed by atoms with van der Waals surface area (Å²) >= 11 is 3.21. The minimum absolute atomic E-state index is 0.0850. The van der Waals surface area contributed by atoms with E-state index in [0.717, 1.165) is 19.3 Å². The topological polar surface area (TPSA) is 55.4 Å². The number of rotatable bonds is 3. The van der Waals surface area contributed by atoms with Crippen LogP contribution in [0.4, 0.5) is 4.39 Å². The van der Waals surface area contributed by atoms with Gasteiger partial charge in [-0.15, -0.1) is 0 Å². The molecular formula is C15H17BrFNO3.